The number of ether oxygens (including phenoxy) is 1. The number of pyridine rings is 2. The highest BCUT2D eigenvalue weighted by Gasteiger charge is 2.19. The molecule has 2 heterocycles. The lowest BCUT2D eigenvalue weighted by Crippen LogP contribution is -2.36. The van der Waals surface area contributed by atoms with Crippen molar-refractivity contribution >= 4 is 28.5 Å². The zero-order valence-corrected chi connectivity index (χ0v) is 15.5. The van der Waals surface area contributed by atoms with Crippen molar-refractivity contribution in [1.82, 2.24) is 15.3 Å². The summed E-state index contributed by atoms with van der Waals surface area (Å²) in [4.78, 5) is 31.9. The molecule has 2 aromatic heterocycles. The lowest BCUT2D eigenvalue weighted by Gasteiger charge is -2.17. The number of aromatic carboxylic acids is 1. The number of aryl methyl sites for hydroxylation is 1. The summed E-state index contributed by atoms with van der Waals surface area (Å²) in [5, 5.41) is 12.7. The Kier molecular flexibility index (Phi) is 5.39. The van der Waals surface area contributed by atoms with Gasteiger partial charge in [-0.25, -0.2) is 4.79 Å². The molecule has 0 saturated heterocycles. The van der Waals surface area contributed by atoms with E-state index in [1.165, 1.54) is 0 Å². The number of rotatable bonds is 6. The molecule has 8 nitrogen and oxygen atoms in total. The van der Waals surface area contributed by atoms with Gasteiger partial charge >= 0.3 is 5.97 Å². The van der Waals surface area contributed by atoms with E-state index in [2.05, 4.69) is 15.3 Å². The van der Waals surface area contributed by atoms with Crippen LogP contribution in [0.15, 0.2) is 42.7 Å². The van der Waals surface area contributed by atoms with Crippen molar-refractivity contribution in [2.24, 2.45) is 0 Å². The summed E-state index contributed by atoms with van der Waals surface area (Å²) in [6.07, 6.45) is 3.09. The second-order valence-corrected chi connectivity index (χ2v) is 6.36. The average Bonchev–Trinajstić information content (AvgIpc) is 2.66. The minimum absolute atomic E-state index is 0.0393. The van der Waals surface area contributed by atoms with Crippen molar-refractivity contribution in [1.29, 1.82) is 0 Å². The number of nitrogens with two attached hydrogens (primary N) is 1. The molecule has 3 rings (SSSR count). The minimum atomic E-state index is -1.14. The van der Waals surface area contributed by atoms with E-state index in [0.717, 1.165) is 0 Å². The molecule has 3 aromatic rings. The molecule has 144 valence electrons. The molecule has 0 fully saturated rings. The molecular weight excluding hydrogens is 360 g/mol. The monoisotopic (exact) mass is 380 g/mol. The van der Waals surface area contributed by atoms with E-state index in [0.29, 0.717) is 27.9 Å². The molecule has 1 aromatic carbocycles. The van der Waals surface area contributed by atoms with Gasteiger partial charge in [0.25, 0.3) is 5.91 Å². The largest absolute Gasteiger partial charge is 0.491 e. The summed E-state index contributed by atoms with van der Waals surface area (Å²) in [5.41, 5.74) is 7.57. The summed E-state index contributed by atoms with van der Waals surface area (Å²) in [7, 11) is 0. The highest BCUT2D eigenvalue weighted by molar-refractivity contribution is 6.06. The van der Waals surface area contributed by atoms with Crippen LogP contribution in [0.3, 0.4) is 0 Å². The maximum Gasteiger partial charge on any atom is 0.339 e. The number of benzene rings is 1. The first kappa shape index (κ1) is 19.1. The molecule has 0 aliphatic carbocycles. The number of nitrogens with one attached hydrogen (secondary N) is 1. The molecule has 0 aliphatic rings. The van der Waals surface area contributed by atoms with Gasteiger partial charge in [-0.15, -0.1) is 0 Å². The molecule has 28 heavy (non-hydrogen) atoms. The number of anilines is 1. The Labute approximate surface area is 161 Å². The van der Waals surface area contributed by atoms with Gasteiger partial charge in [0.05, 0.1) is 28.3 Å². The summed E-state index contributed by atoms with van der Waals surface area (Å²) in [6.45, 7) is 3.58. The maximum atomic E-state index is 12.2. The third-order valence-corrected chi connectivity index (χ3v) is 4.22. The van der Waals surface area contributed by atoms with Gasteiger partial charge in [0, 0.05) is 18.0 Å². The molecule has 0 aliphatic heterocycles. The zero-order valence-electron chi connectivity index (χ0n) is 15.5. The summed E-state index contributed by atoms with van der Waals surface area (Å²) in [5.74, 6) is -0.964. The highest BCUT2D eigenvalue weighted by atomic mass is 16.5. The Morgan fingerprint density at radius 3 is 2.64 bits per heavy atom. The Morgan fingerprint density at radius 1 is 1.25 bits per heavy atom. The molecule has 4 N–H and O–H groups in total. The molecule has 1 amide bonds. The first-order chi connectivity index (χ1) is 13.4. The quantitative estimate of drug-likeness (QED) is 0.599. The molecule has 0 saturated carbocycles. The molecule has 8 heteroatoms. The number of fused-ring (bicyclic) bond motifs is 1. The van der Waals surface area contributed by atoms with Gasteiger partial charge in [-0.05, 0) is 38.1 Å². The van der Waals surface area contributed by atoms with Crippen LogP contribution in [0.4, 0.5) is 5.69 Å². The van der Waals surface area contributed by atoms with Crippen molar-refractivity contribution < 1.29 is 19.4 Å². The van der Waals surface area contributed by atoms with Crippen LogP contribution in [0.1, 0.15) is 33.3 Å². The van der Waals surface area contributed by atoms with Crippen LogP contribution in [0.2, 0.25) is 0 Å². The van der Waals surface area contributed by atoms with Crippen LogP contribution in [0.25, 0.3) is 10.9 Å². The van der Waals surface area contributed by atoms with E-state index < -0.39 is 5.97 Å². The predicted octanol–water partition coefficient (Wildman–Crippen LogP) is 2.42. The highest BCUT2D eigenvalue weighted by Crippen LogP contribution is 2.33. The van der Waals surface area contributed by atoms with E-state index >= 15 is 0 Å². The number of nitrogens with zero attached hydrogens (tertiary/aromatic N) is 2. The van der Waals surface area contributed by atoms with Crippen LogP contribution in [0.5, 0.6) is 5.75 Å². The number of amides is 1. The Hall–Kier alpha value is -3.68. The zero-order chi connectivity index (χ0) is 20.3. The number of carboxylic acid groups (broad SMARTS) is 1. The third-order valence-electron chi connectivity index (χ3n) is 4.22. The first-order valence-corrected chi connectivity index (χ1v) is 8.64. The van der Waals surface area contributed by atoms with Gasteiger partial charge in [-0.2, -0.15) is 0 Å². The van der Waals surface area contributed by atoms with Gasteiger partial charge in [-0.1, -0.05) is 6.07 Å². The Bertz CT molecular complexity index is 1040. The van der Waals surface area contributed by atoms with Gasteiger partial charge < -0.3 is 20.9 Å². The lowest BCUT2D eigenvalue weighted by molar-refractivity contribution is 0.0696. The van der Waals surface area contributed by atoms with Crippen LogP contribution in [-0.4, -0.2) is 39.6 Å². The average molecular weight is 380 g/mol. The fourth-order valence-electron chi connectivity index (χ4n) is 2.90. The Balaban J connectivity index is 1.80. The number of carbonyl (C=O) groups is 2. The third kappa shape index (κ3) is 3.85. The van der Waals surface area contributed by atoms with E-state index in [-0.39, 0.29) is 29.8 Å². The van der Waals surface area contributed by atoms with Crippen LogP contribution in [0, 0.1) is 6.92 Å². The fraction of sp³-hybridized carbons (Fsp3) is 0.200. The fourth-order valence-corrected chi connectivity index (χ4v) is 2.90. The maximum absolute atomic E-state index is 12.2. The van der Waals surface area contributed by atoms with Crippen LogP contribution in [-0.2, 0) is 0 Å². The van der Waals surface area contributed by atoms with Gasteiger partial charge in [0.1, 0.15) is 17.9 Å². The van der Waals surface area contributed by atoms with Gasteiger partial charge in [0.15, 0.2) is 0 Å². The summed E-state index contributed by atoms with van der Waals surface area (Å²) < 4.78 is 5.83. The van der Waals surface area contributed by atoms with Crippen molar-refractivity contribution in [2.45, 2.75) is 19.9 Å². The van der Waals surface area contributed by atoms with Crippen molar-refractivity contribution in [3.05, 3.63) is 59.5 Å². The van der Waals surface area contributed by atoms with Gasteiger partial charge in [-0.3, -0.25) is 14.8 Å². The molecule has 0 bridgehead atoms. The number of nitrogen functional groups attached to an aromatic ring is 1. The van der Waals surface area contributed by atoms with Crippen molar-refractivity contribution in [3.8, 4) is 5.75 Å². The predicted molar refractivity (Wildman–Crippen MR) is 105 cm³/mol. The summed E-state index contributed by atoms with van der Waals surface area (Å²) in [6, 6.07) is 8.13. The van der Waals surface area contributed by atoms with Crippen LogP contribution >= 0.6 is 0 Å². The second kappa shape index (κ2) is 7.91. The van der Waals surface area contributed by atoms with Crippen LogP contribution < -0.4 is 15.8 Å². The van der Waals surface area contributed by atoms with E-state index in [1.807, 2.05) is 0 Å². The minimum Gasteiger partial charge on any atom is -0.491 e. The van der Waals surface area contributed by atoms with Crippen molar-refractivity contribution in [3.63, 3.8) is 0 Å². The number of carbonyl (C=O) groups excluding carboxylic acids is 1. The normalized spacial score (nSPS) is 11.8. The number of carboxylic acids is 1. The standard InChI is InChI=1S/C20H20N4O4/c1-11(23-19(25)13-6-8-22-9-7-13)10-28-15-5-3-4-14-17(15)18(21)16(20(26)27)12(2)24-14/h3-9,11H,10H2,1-2H3,(H2,21,24)(H,23,25)(H,26,27)/t11-/m1/s1. The van der Waals surface area contributed by atoms with Gasteiger partial charge in [0.2, 0.25) is 0 Å². The molecular formula is C20H20N4O4. The molecule has 0 spiro atoms. The number of hydrogen-bond donors (Lipinski definition) is 3. The van der Waals surface area contributed by atoms with E-state index in [1.54, 1.807) is 56.6 Å². The number of hydrogen-bond acceptors (Lipinski definition) is 6. The Morgan fingerprint density at radius 2 is 1.96 bits per heavy atom. The molecule has 0 unspecified atom stereocenters. The van der Waals surface area contributed by atoms with Crippen molar-refractivity contribution in [2.75, 3.05) is 12.3 Å². The summed E-state index contributed by atoms with van der Waals surface area (Å²) >= 11 is 0. The van der Waals surface area contributed by atoms with E-state index in [9.17, 15) is 14.7 Å². The lowest BCUT2D eigenvalue weighted by atomic mass is 10.1. The number of aromatic nitrogens is 2. The smallest absolute Gasteiger partial charge is 0.339 e. The molecule has 1 atom stereocenters. The van der Waals surface area contributed by atoms with E-state index in [4.69, 9.17) is 10.5 Å². The topological polar surface area (TPSA) is 127 Å². The first-order valence-electron chi connectivity index (χ1n) is 8.64. The molecule has 0 radical (unpaired) electrons. The second-order valence-electron chi connectivity index (χ2n) is 6.36. The SMILES string of the molecule is Cc1nc2cccc(OC[C@@H](C)NC(=O)c3ccncc3)c2c(N)c1C(=O)O.